The van der Waals surface area contributed by atoms with Crippen LogP contribution in [0.3, 0.4) is 0 Å². The number of aliphatic hydroxyl groups is 1. The topological polar surface area (TPSA) is 88.5 Å². The summed E-state index contributed by atoms with van der Waals surface area (Å²) >= 11 is 0. The Kier molecular flexibility index (Phi) is 7.26. The van der Waals surface area contributed by atoms with Gasteiger partial charge in [0, 0.05) is 26.2 Å². The van der Waals surface area contributed by atoms with E-state index in [9.17, 15) is 14.7 Å². The molecule has 1 aromatic rings. The molecule has 0 aromatic heterocycles. The molecule has 0 spiro atoms. The number of rotatable bonds is 5. The summed E-state index contributed by atoms with van der Waals surface area (Å²) in [6.07, 6.45) is -0.366. The molecule has 1 N–H and O–H groups in total. The molecule has 1 aliphatic rings. The average Bonchev–Trinajstić information content (AvgIpc) is 2.66. The van der Waals surface area contributed by atoms with Gasteiger partial charge in [0.15, 0.2) is 0 Å². The minimum Gasteiger partial charge on any atom is -0.496 e. The summed E-state index contributed by atoms with van der Waals surface area (Å²) in [5, 5.41) is 9.81. The number of hydrogen-bond acceptors (Lipinski definition) is 7. The minimum atomic E-state index is -0.555. The maximum atomic E-state index is 12.3. The van der Waals surface area contributed by atoms with Gasteiger partial charge >= 0.3 is 12.1 Å². The number of methoxy groups -OCH3 is 2. The molecule has 1 atom stereocenters. The molecule has 0 saturated carbocycles. The Morgan fingerprint density at radius 2 is 1.93 bits per heavy atom. The van der Waals surface area contributed by atoms with Gasteiger partial charge in [-0.3, -0.25) is 4.90 Å². The SMILES string of the molecule is COC(=O)c1ccc(CN2CCN(C(=O)OC(C)(C)C)C[C@H]2CO)cc1OC. The van der Waals surface area contributed by atoms with E-state index in [1.54, 1.807) is 17.0 Å². The Labute approximate surface area is 166 Å². The first-order valence-electron chi connectivity index (χ1n) is 9.26. The molecule has 1 heterocycles. The van der Waals surface area contributed by atoms with Gasteiger partial charge < -0.3 is 24.2 Å². The van der Waals surface area contributed by atoms with Gasteiger partial charge in [-0.25, -0.2) is 9.59 Å². The average molecular weight is 394 g/mol. The Morgan fingerprint density at radius 1 is 1.21 bits per heavy atom. The highest BCUT2D eigenvalue weighted by Gasteiger charge is 2.31. The van der Waals surface area contributed by atoms with Gasteiger partial charge in [0.25, 0.3) is 0 Å². The molecule has 8 heteroatoms. The molecule has 156 valence electrons. The zero-order chi connectivity index (χ0) is 20.9. The highest BCUT2D eigenvalue weighted by atomic mass is 16.6. The first-order chi connectivity index (χ1) is 13.2. The Morgan fingerprint density at radius 3 is 2.50 bits per heavy atom. The molecular weight excluding hydrogens is 364 g/mol. The number of aliphatic hydroxyl groups excluding tert-OH is 1. The fourth-order valence-corrected chi connectivity index (χ4v) is 3.11. The molecule has 0 aliphatic carbocycles. The van der Waals surface area contributed by atoms with Crippen LogP contribution in [0.25, 0.3) is 0 Å². The molecule has 28 heavy (non-hydrogen) atoms. The lowest BCUT2D eigenvalue weighted by atomic mass is 10.1. The maximum absolute atomic E-state index is 12.3. The summed E-state index contributed by atoms with van der Waals surface area (Å²) in [5.74, 6) is -0.0140. The van der Waals surface area contributed by atoms with Crippen molar-refractivity contribution in [3.05, 3.63) is 29.3 Å². The van der Waals surface area contributed by atoms with E-state index in [1.165, 1.54) is 14.2 Å². The summed E-state index contributed by atoms with van der Waals surface area (Å²) in [5.41, 5.74) is 0.747. The van der Waals surface area contributed by atoms with Crippen molar-refractivity contribution in [2.24, 2.45) is 0 Å². The highest BCUT2D eigenvalue weighted by molar-refractivity contribution is 5.92. The molecular formula is C20H30N2O6. The van der Waals surface area contributed by atoms with Crippen LogP contribution in [0.5, 0.6) is 5.75 Å². The summed E-state index contributed by atoms with van der Waals surface area (Å²) in [6, 6.07) is 5.10. The van der Waals surface area contributed by atoms with Crippen LogP contribution in [0.2, 0.25) is 0 Å². The van der Waals surface area contributed by atoms with Crippen LogP contribution in [-0.4, -0.2) is 79.1 Å². The van der Waals surface area contributed by atoms with Crippen LogP contribution in [0.15, 0.2) is 18.2 Å². The van der Waals surface area contributed by atoms with E-state index in [2.05, 4.69) is 4.90 Å². The number of amides is 1. The molecule has 1 aromatic carbocycles. The third-order valence-electron chi connectivity index (χ3n) is 4.52. The van der Waals surface area contributed by atoms with Crippen LogP contribution < -0.4 is 4.74 Å². The zero-order valence-electron chi connectivity index (χ0n) is 17.2. The van der Waals surface area contributed by atoms with E-state index >= 15 is 0 Å². The molecule has 1 aliphatic heterocycles. The van der Waals surface area contributed by atoms with Gasteiger partial charge in [-0.05, 0) is 38.5 Å². The summed E-state index contributed by atoms with van der Waals surface area (Å²) in [4.78, 5) is 27.8. The molecule has 8 nitrogen and oxygen atoms in total. The smallest absolute Gasteiger partial charge is 0.410 e. The van der Waals surface area contributed by atoms with E-state index in [-0.39, 0.29) is 18.7 Å². The predicted octanol–water partition coefficient (Wildman–Crippen LogP) is 1.90. The van der Waals surface area contributed by atoms with E-state index in [4.69, 9.17) is 14.2 Å². The van der Waals surface area contributed by atoms with E-state index in [1.807, 2.05) is 26.8 Å². The Balaban J connectivity index is 2.07. The van der Waals surface area contributed by atoms with Gasteiger partial charge in [0.2, 0.25) is 0 Å². The van der Waals surface area contributed by atoms with Crippen molar-refractivity contribution in [2.75, 3.05) is 40.5 Å². The van der Waals surface area contributed by atoms with Gasteiger partial charge in [-0.1, -0.05) is 6.07 Å². The van der Waals surface area contributed by atoms with Gasteiger partial charge in [0.1, 0.15) is 16.9 Å². The van der Waals surface area contributed by atoms with E-state index in [0.29, 0.717) is 37.5 Å². The Hall–Kier alpha value is -2.32. The second-order valence-corrected chi connectivity index (χ2v) is 7.76. The lowest BCUT2D eigenvalue weighted by molar-refractivity contribution is -0.00611. The molecule has 2 rings (SSSR count). The molecule has 1 amide bonds. The number of carbonyl (C=O) groups excluding carboxylic acids is 2. The van der Waals surface area contributed by atoms with Crippen molar-refractivity contribution in [3.63, 3.8) is 0 Å². The predicted molar refractivity (Wildman–Crippen MR) is 103 cm³/mol. The number of benzene rings is 1. The van der Waals surface area contributed by atoms with Crippen LogP contribution in [0.1, 0.15) is 36.7 Å². The first kappa shape index (κ1) is 22.0. The van der Waals surface area contributed by atoms with Gasteiger partial charge in [-0.2, -0.15) is 0 Å². The number of ether oxygens (including phenoxy) is 3. The standard InChI is InChI=1S/C20H30N2O6/c1-20(2,3)28-19(25)22-9-8-21(15(12-22)13-23)11-14-6-7-16(18(24)27-5)17(10-14)26-4/h6-7,10,15,23H,8-9,11-13H2,1-5H3/t15-/m0/s1. The highest BCUT2D eigenvalue weighted by Crippen LogP contribution is 2.23. The number of nitrogens with zero attached hydrogens (tertiary/aromatic N) is 2. The monoisotopic (exact) mass is 394 g/mol. The second kappa shape index (κ2) is 9.25. The van der Waals surface area contributed by atoms with Crippen LogP contribution in [0.4, 0.5) is 4.79 Å². The first-order valence-corrected chi connectivity index (χ1v) is 9.26. The van der Waals surface area contributed by atoms with E-state index in [0.717, 1.165) is 5.56 Å². The maximum Gasteiger partial charge on any atom is 0.410 e. The number of hydrogen-bond donors (Lipinski definition) is 1. The molecule has 0 unspecified atom stereocenters. The summed E-state index contributed by atoms with van der Waals surface area (Å²) in [6.45, 7) is 7.49. The molecule has 1 saturated heterocycles. The zero-order valence-corrected chi connectivity index (χ0v) is 17.2. The fourth-order valence-electron chi connectivity index (χ4n) is 3.11. The number of piperazine rings is 1. The number of carbonyl (C=O) groups is 2. The third-order valence-corrected chi connectivity index (χ3v) is 4.52. The van der Waals surface area contributed by atoms with Crippen LogP contribution in [-0.2, 0) is 16.0 Å². The van der Waals surface area contributed by atoms with Crippen molar-refractivity contribution in [3.8, 4) is 5.75 Å². The lowest BCUT2D eigenvalue weighted by Crippen LogP contribution is -2.56. The van der Waals surface area contributed by atoms with Gasteiger partial charge in [-0.15, -0.1) is 0 Å². The van der Waals surface area contributed by atoms with Crippen LogP contribution >= 0.6 is 0 Å². The normalized spacial score (nSPS) is 17.9. The fraction of sp³-hybridized carbons (Fsp3) is 0.600. The molecule has 1 fully saturated rings. The van der Waals surface area contributed by atoms with Crippen molar-refractivity contribution in [1.82, 2.24) is 9.80 Å². The number of esters is 1. The van der Waals surface area contributed by atoms with Crippen molar-refractivity contribution >= 4 is 12.1 Å². The van der Waals surface area contributed by atoms with Crippen molar-refractivity contribution in [1.29, 1.82) is 0 Å². The summed E-state index contributed by atoms with van der Waals surface area (Å²) < 4.78 is 15.5. The molecule has 0 radical (unpaired) electrons. The van der Waals surface area contributed by atoms with Crippen molar-refractivity contribution < 1.29 is 28.9 Å². The Bertz CT molecular complexity index is 700. The van der Waals surface area contributed by atoms with E-state index < -0.39 is 11.6 Å². The third kappa shape index (κ3) is 5.59. The quantitative estimate of drug-likeness (QED) is 0.763. The largest absolute Gasteiger partial charge is 0.496 e. The minimum absolute atomic E-state index is 0.0727. The molecule has 0 bridgehead atoms. The van der Waals surface area contributed by atoms with Gasteiger partial charge in [0.05, 0.1) is 26.9 Å². The summed E-state index contributed by atoms with van der Waals surface area (Å²) in [7, 11) is 2.83. The lowest BCUT2D eigenvalue weighted by Gasteiger charge is -2.41. The second-order valence-electron chi connectivity index (χ2n) is 7.76. The van der Waals surface area contributed by atoms with Crippen molar-refractivity contribution in [2.45, 2.75) is 39.0 Å². The van der Waals surface area contributed by atoms with Crippen LogP contribution in [0, 0.1) is 0 Å².